The van der Waals surface area contributed by atoms with E-state index in [-0.39, 0.29) is 17.1 Å². The number of fused-ring (bicyclic) bond motifs is 1. The van der Waals surface area contributed by atoms with Crippen LogP contribution in [0.5, 0.6) is 0 Å². The lowest BCUT2D eigenvalue weighted by Gasteiger charge is -2.15. The van der Waals surface area contributed by atoms with E-state index in [0.29, 0.717) is 0 Å². The average molecular weight is 260 g/mol. The predicted octanol–water partition coefficient (Wildman–Crippen LogP) is 3.13. The van der Waals surface area contributed by atoms with Gasteiger partial charge in [0.05, 0.1) is 10.9 Å². The first-order chi connectivity index (χ1) is 8.59. The molecule has 1 unspecified atom stereocenters. The zero-order valence-corrected chi connectivity index (χ0v) is 11.3. The monoisotopic (exact) mass is 260 g/mol. The van der Waals surface area contributed by atoms with Gasteiger partial charge < -0.3 is 5.32 Å². The fourth-order valence-electron chi connectivity index (χ4n) is 1.73. The molecule has 0 fully saturated rings. The normalized spacial score (nSPS) is 12.7. The van der Waals surface area contributed by atoms with Gasteiger partial charge in [-0.3, -0.25) is 9.78 Å². The van der Waals surface area contributed by atoms with Gasteiger partial charge in [-0.25, -0.2) is 0 Å². The lowest BCUT2D eigenvalue weighted by Crippen LogP contribution is -2.27. The number of carbonyl (C=O) groups is 1. The molecule has 0 bridgehead atoms. The van der Waals surface area contributed by atoms with Gasteiger partial charge in [-0.05, 0) is 23.4 Å². The van der Waals surface area contributed by atoms with Gasteiger partial charge in [-0.2, -0.15) is 12.6 Å². The Balaban J connectivity index is 2.30. The molecule has 1 heterocycles. The third-order valence-electron chi connectivity index (χ3n) is 2.84. The molecule has 94 valence electrons. The quantitative estimate of drug-likeness (QED) is 0.833. The predicted molar refractivity (Wildman–Crippen MR) is 78.0 cm³/mol. The Kier molecular flexibility index (Phi) is 3.87. The van der Waals surface area contributed by atoms with Gasteiger partial charge in [0.15, 0.2) is 0 Å². The van der Waals surface area contributed by atoms with Gasteiger partial charge in [0.1, 0.15) is 0 Å². The van der Waals surface area contributed by atoms with Crippen molar-refractivity contribution in [3.8, 4) is 0 Å². The van der Waals surface area contributed by atoms with Crippen LogP contribution in [0.2, 0.25) is 0 Å². The van der Waals surface area contributed by atoms with Crippen LogP contribution in [0.4, 0.5) is 5.69 Å². The van der Waals surface area contributed by atoms with Crippen molar-refractivity contribution in [1.82, 2.24) is 4.98 Å². The van der Waals surface area contributed by atoms with Gasteiger partial charge in [0, 0.05) is 17.8 Å². The van der Waals surface area contributed by atoms with E-state index in [4.69, 9.17) is 0 Å². The van der Waals surface area contributed by atoms with Crippen molar-refractivity contribution >= 4 is 35.0 Å². The number of rotatable bonds is 3. The minimum Gasteiger partial charge on any atom is -0.324 e. The molecule has 0 radical (unpaired) electrons. The van der Waals surface area contributed by atoms with Crippen molar-refractivity contribution in [2.45, 2.75) is 19.1 Å². The maximum Gasteiger partial charge on any atom is 0.237 e. The fraction of sp³-hybridized carbons (Fsp3) is 0.286. The largest absolute Gasteiger partial charge is 0.324 e. The molecule has 0 aliphatic carbocycles. The summed E-state index contributed by atoms with van der Waals surface area (Å²) in [4.78, 5) is 16.1. The van der Waals surface area contributed by atoms with Gasteiger partial charge in [-0.1, -0.05) is 26.0 Å². The number of amides is 1. The Morgan fingerprint density at radius 3 is 2.83 bits per heavy atom. The molecule has 1 aromatic heterocycles. The summed E-state index contributed by atoms with van der Waals surface area (Å²) in [6, 6.07) is 7.71. The number of nitrogens with one attached hydrogen (secondary N) is 1. The molecule has 0 spiro atoms. The first-order valence-corrected chi connectivity index (χ1v) is 6.43. The molecule has 0 saturated carbocycles. The highest BCUT2D eigenvalue weighted by Crippen LogP contribution is 2.23. The zero-order valence-electron chi connectivity index (χ0n) is 10.4. The Labute approximate surface area is 112 Å². The van der Waals surface area contributed by atoms with Crippen LogP contribution in [0.1, 0.15) is 13.8 Å². The molecule has 2 rings (SSSR count). The second-order valence-electron chi connectivity index (χ2n) is 4.58. The summed E-state index contributed by atoms with van der Waals surface area (Å²) in [7, 11) is 0. The molecule has 3 nitrogen and oxygen atoms in total. The van der Waals surface area contributed by atoms with Crippen LogP contribution >= 0.6 is 12.6 Å². The van der Waals surface area contributed by atoms with Crippen LogP contribution in [0, 0.1) is 5.92 Å². The number of anilines is 1. The maximum absolute atomic E-state index is 12.0. The molecular formula is C14H16N2OS. The van der Waals surface area contributed by atoms with E-state index >= 15 is 0 Å². The molecule has 18 heavy (non-hydrogen) atoms. The van der Waals surface area contributed by atoms with Crippen LogP contribution < -0.4 is 5.32 Å². The van der Waals surface area contributed by atoms with Crippen molar-refractivity contribution in [2.24, 2.45) is 5.92 Å². The van der Waals surface area contributed by atoms with Gasteiger partial charge >= 0.3 is 0 Å². The van der Waals surface area contributed by atoms with E-state index in [1.807, 2.05) is 38.1 Å². The summed E-state index contributed by atoms with van der Waals surface area (Å²) in [6.07, 6.45) is 3.50. The average Bonchev–Trinajstić information content (AvgIpc) is 2.38. The van der Waals surface area contributed by atoms with Crippen LogP contribution in [0.15, 0.2) is 36.7 Å². The second kappa shape index (κ2) is 5.40. The van der Waals surface area contributed by atoms with E-state index in [1.165, 1.54) is 0 Å². The molecule has 4 heteroatoms. The van der Waals surface area contributed by atoms with E-state index in [1.54, 1.807) is 12.4 Å². The molecule has 0 aliphatic rings. The Hall–Kier alpha value is -1.55. The van der Waals surface area contributed by atoms with E-state index in [9.17, 15) is 4.79 Å². The summed E-state index contributed by atoms with van der Waals surface area (Å²) in [5, 5.41) is 4.60. The maximum atomic E-state index is 12.0. The smallest absolute Gasteiger partial charge is 0.237 e. The number of thiol groups is 1. The topological polar surface area (TPSA) is 42.0 Å². The Morgan fingerprint density at radius 1 is 1.33 bits per heavy atom. The summed E-state index contributed by atoms with van der Waals surface area (Å²) in [5.41, 5.74) is 0.783. The lowest BCUT2D eigenvalue weighted by molar-refractivity contribution is -0.116. The van der Waals surface area contributed by atoms with Crippen molar-refractivity contribution in [2.75, 3.05) is 5.32 Å². The number of aromatic nitrogens is 1. The van der Waals surface area contributed by atoms with Gasteiger partial charge in [-0.15, -0.1) is 0 Å². The number of hydrogen-bond donors (Lipinski definition) is 2. The molecule has 1 atom stereocenters. The van der Waals surface area contributed by atoms with Crippen molar-refractivity contribution in [3.63, 3.8) is 0 Å². The molecular weight excluding hydrogens is 244 g/mol. The highest BCUT2D eigenvalue weighted by molar-refractivity contribution is 7.81. The lowest BCUT2D eigenvalue weighted by atomic mass is 10.1. The SMILES string of the molecule is CC(C)C(S)C(=O)Nc1cccc2ccncc12. The number of carbonyl (C=O) groups excluding carboxylic acids is 1. The minimum atomic E-state index is -0.308. The van der Waals surface area contributed by atoms with E-state index in [2.05, 4.69) is 22.9 Å². The molecule has 1 amide bonds. The highest BCUT2D eigenvalue weighted by Gasteiger charge is 2.18. The highest BCUT2D eigenvalue weighted by atomic mass is 32.1. The number of benzene rings is 1. The molecule has 0 aliphatic heterocycles. The first kappa shape index (κ1) is 12.9. The summed E-state index contributed by atoms with van der Waals surface area (Å²) < 4.78 is 0. The number of nitrogens with zero attached hydrogens (tertiary/aromatic N) is 1. The number of pyridine rings is 1. The fourth-order valence-corrected chi connectivity index (χ4v) is 1.80. The van der Waals surface area contributed by atoms with Crippen LogP contribution in [0.25, 0.3) is 10.8 Å². The van der Waals surface area contributed by atoms with E-state index in [0.717, 1.165) is 16.5 Å². The van der Waals surface area contributed by atoms with E-state index < -0.39 is 0 Å². The van der Waals surface area contributed by atoms with Gasteiger partial charge in [0.25, 0.3) is 0 Å². The van der Waals surface area contributed by atoms with Crippen molar-refractivity contribution in [3.05, 3.63) is 36.7 Å². The minimum absolute atomic E-state index is 0.0790. The summed E-state index contributed by atoms with van der Waals surface area (Å²) >= 11 is 4.32. The standard InChI is InChI=1S/C14H16N2OS/c1-9(2)13(18)14(17)16-12-5-3-4-10-6-7-15-8-11(10)12/h3-9,13,18H,1-2H3,(H,16,17). The summed E-state index contributed by atoms with van der Waals surface area (Å²) in [6.45, 7) is 3.95. The third-order valence-corrected chi connectivity index (χ3v) is 3.67. The molecule has 0 saturated heterocycles. The summed E-state index contributed by atoms with van der Waals surface area (Å²) in [5.74, 6) is 0.117. The molecule has 1 aromatic carbocycles. The van der Waals surface area contributed by atoms with Gasteiger partial charge in [0.2, 0.25) is 5.91 Å². The second-order valence-corrected chi connectivity index (χ2v) is 5.14. The third kappa shape index (κ3) is 2.64. The van der Waals surface area contributed by atoms with Crippen LogP contribution in [0.3, 0.4) is 0 Å². The van der Waals surface area contributed by atoms with Crippen molar-refractivity contribution in [1.29, 1.82) is 0 Å². The first-order valence-electron chi connectivity index (χ1n) is 5.91. The zero-order chi connectivity index (χ0) is 13.1. The number of hydrogen-bond acceptors (Lipinski definition) is 3. The van der Waals surface area contributed by atoms with Crippen LogP contribution in [-0.2, 0) is 4.79 Å². The molecule has 1 N–H and O–H groups in total. The van der Waals surface area contributed by atoms with Crippen molar-refractivity contribution < 1.29 is 4.79 Å². The van der Waals surface area contributed by atoms with Crippen LogP contribution in [-0.4, -0.2) is 16.1 Å². The molecule has 2 aromatic rings. The Morgan fingerprint density at radius 2 is 2.11 bits per heavy atom. The Bertz CT molecular complexity index is 563.